The maximum Gasteiger partial charge on any atom is 0.245 e. The van der Waals surface area contributed by atoms with Gasteiger partial charge in [-0.3, -0.25) is 10.1 Å². The third kappa shape index (κ3) is 6.28. The van der Waals surface area contributed by atoms with Crippen LogP contribution in [-0.4, -0.2) is 15.9 Å². The molecule has 0 aliphatic heterocycles. The van der Waals surface area contributed by atoms with Gasteiger partial charge in [0.05, 0.1) is 12.8 Å². The Morgan fingerprint density at radius 2 is 1.91 bits per heavy atom. The minimum atomic E-state index is -1.71. The highest BCUT2D eigenvalue weighted by atomic mass is 35.6. The van der Waals surface area contributed by atoms with Crippen molar-refractivity contribution < 1.29 is 9.21 Å². The van der Waals surface area contributed by atoms with E-state index in [9.17, 15) is 4.79 Å². The molecule has 0 saturated heterocycles. The highest BCUT2D eigenvalue weighted by molar-refractivity contribution is 6.68. The monoisotopic (exact) mass is 372 g/mol. The van der Waals surface area contributed by atoms with E-state index in [1.807, 2.05) is 30.3 Å². The average Bonchev–Trinajstić information content (AvgIpc) is 3.02. The lowest BCUT2D eigenvalue weighted by molar-refractivity contribution is -0.117. The quantitative estimate of drug-likeness (QED) is 0.459. The number of carbonyl (C=O) groups is 1. The van der Waals surface area contributed by atoms with Crippen LogP contribution >= 0.6 is 34.8 Å². The predicted octanol–water partition coefficient (Wildman–Crippen LogP) is 3.90. The number of benzene rings is 1. The van der Waals surface area contributed by atoms with Crippen LogP contribution in [0.3, 0.4) is 0 Å². The second-order valence-electron chi connectivity index (χ2n) is 4.69. The highest BCUT2D eigenvalue weighted by Crippen LogP contribution is 2.29. The summed E-state index contributed by atoms with van der Waals surface area (Å²) in [5.41, 5.74) is 0.900. The van der Waals surface area contributed by atoms with Crippen LogP contribution in [0.5, 0.6) is 0 Å². The molecule has 2 rings (SSSR count). The molecule has 2 aromatic rings. The summed E-state index contributed by atoms with van der Waals surface area (Å²) in [5.74, 6) is 0.287. The van der Waals surface area contributed by atoms with E-state index < -0.39 is 9.96 Å². The standard InChI is InChI=1S/C16H15Cl3N2O2/c17-16(18,19)15(20-11-13-7-4-10-23-13)21-14(22)9-8-12-5-2-1-3-6-12/h1-10,15,20H,11H2,(H,21,22)/b9-8+/t15-/m0/s1. The molecule has 1 aromatic carbocycles. The molecule has 0 aliphatic carbocycles. The van der Waals surface area contributed by atoms with Crippen molar-refractivity contribution in [2.45, 2.75) is 16.5 Å². The summed E-state index contributed by atoms with van der Waals surface area (Å²) in [7, 11) is 0. The van der Waals surface area contributed by atoms with Crippen molar-refractivity contribution in [3.8, 4) is 0 Å². The first kappa shape index (κ1) is 17.9. The third-order valence-corrected chi connectivity index (χ3v) is 3.56. The normalized spacial score (nSPS) is 13.2. The molecule has 0 fully saturated rings. The molecule has 0 spiro atoms. The van der Waals surface area contributed by atoms with Crippen molar-refractivity contribution in [1.82, 2.24) is 10.6 Å². The minimum absolute atomic E-state index is 0.314. The van der Waals surface area contributed by atoms with Crippen molar-refractivity contribution in [2.75, 3.05) is 0 Å². The number of rotatable bonds is 6. The molecule has 0 saturated carbocycles. The third-order valence-electron chi connectivity index (χ3n) is 2.90. The van der Waals surface area contributed by atoms with Gasteiger partial charge in [-0.1, -0.05) is 65.1 Å². The maximum atomic E-state index is 12.0. The average molecular weight is 374 g/mol. The Labute approximate surface area is 149 Å². The van der Waals surface area contributed by atoms with E-state index in [1.165, 1.54) is 6.08 Å². The molecule has 7 heteroatoms. The largest absolute Gasteiger partial charge is 0.468 e. The summed E-state index contributed by atoms with van der Waals surface area (Å²) in [5, 5.41) is 5.55. The van der Waals surface area contributed by atoms with Crippen LogP contribution in [0.15, 0.2) is 59.2 Å². The van der Waals surface area contributed by atoms with Crippen molar-refractivity contribution in [2.24, 2.45) is 0 Å². The van der Waals surface area contributed by atoms with Crippen LogP contribution in [0, 0.1) is 0 Å². The number of furan rings is 1. The first-order valence-electron chi connectivity index (χ1n) is 6.81. The first-order chi connectivity index (χ1) is 10.9. The van der Waals surface area contributed by atoms with Crippen LogP contribution in [0.1, 0.15) is 11.3 Å². The second kappa shape index (κ2) is 8.41. The summed E-state index contributed by atoms with van der Waals surface area (Å²) < 4.78 is 3.48. The lowest BCUT2D eigenvalue weighted by Gasteiger charge is -2.25. The van der Waals surface area contributed by atoms with Crippen molar-refractivity contribution >= 4 is 46.8 Å². The lowest BCUT2D eigenvalue weighted by Crippen LogP contribution is -2.52. The van der Waals surface area contributed by atoms with Gasteiger partial charge < -0.3 is 9.73 Å². The molecule has 0 radical (unpaired) electrons. The number of amides is 1. The number of alkyl halides is 3. The number of hydrogen-bond acceptors (Lipinski definition) is 3. The molecular weight excluding hydrogens is 359 g/mol. The summed E-state index contributed by atoms with van der Waals surface area (Å²) in [4.78, 5) is 12.0. The minimum Gasteiger partial charge on any atom is -0.468 e. The van der Waals surface area contributed by atoms with E-state index in [0.29, 0.717) is 12.3 Å². The summed E-state index contributed by atoms with van der Waals surface area (Å²) >= 11 is 17.7. The number of halogens is 3. The molecule has 23 heavy (non-hydrogen) atoms. The van der Waals surface area contributed by atoms with E-state index >= 15 is 0 Å². The van der Waals surface area contributed by atoms with Gasteiger partial charge in [-0.25, -0.2) is 0 Å². The Kier molecular flexibility index (Phi) is 6.54. The lowest BCUT2D eigenvalue weighted by atomic mass is 10.2. The van der Waals surface area contributed by atoms with Gasteiger partial charge in [0, 0.05) is 6.08 Å². The van der Waals surface area contributed by atoms with Gasteiger partial charge in [-0.15, -0.1) is 0 Å². The predicted molar refractivity (Wildman–Crippen MR) is 93.2 cm³/mol. The van der Waals surface area contributed by atoms with Gasteiger partial charge >= 0.3 is 0 Å². The van der Waals surface area contributed by atoms with Crippen LogP contribution in [0.4, 0.5) is 0 Å². The zero-order valence-electron chi connectivity index (χ0n) is 12.0. The topological polar surface area (TPSA) is 54.3 Å². The smallest absolute Gasteiger partial charge is 0.245 e. The number of carbonyl (C=O) groups excluding carboxylic acids is 1. The fourth-order valence-electron chi connectivity index (χ4n) is 1.79. The van der Waals surface area contributed by atoms with Crippen molar-refractivity contribution in [3.63, 3.8) is 0 Å². The Balaban J connectivity index is 1.94. The Hall–Kier alpha value is -1.46. The fourth-order valence-corrected chi connectivity index (χ4v) is 2.19. The molecule has 1 aromatic heterocycles. The van der Waals surface area contributed by atoms with Crippen LogP contribution in [0.2, 0.25) is 0 Å². The molecule has 0 aliphatic rings. The zero-order chi connectivity index (χ0) is 16.7. The van der Waals surface area contributed by atoms with Gasteiger partial charge in [-0.05, 0) is 23.8 Å². The van der Waals surface area contributed by atoms with Gasteiger partial charge in [0.1, 0.15) is 11.9 Å². The molecule has 0 bridgehead atoms. The van der Waals surface area contributed by atoms with Gasteiger partial charge in [0.15, 0.2) is 0 Å². The molecule has 1 heterocycles. The highest BCUT2D eigenvalue weighted by Gasteiger charge is 2.33. The second-order valence-corrected chi connectivity index (χ2v) is 7.06. The summed E-state index contributed by atoms with van der Waals surface area (Å²) in [6.07, 6.45) is 3.73. The molecule has 1 atom stereocenters. The van der Waals surface area contributed by atoms with Crippen LogP contribution < -0.4 is 10.6 Å². The number of nitrogens with one attached hydrogen (secondary N) is 2. The van der Waals surface area contributed by atoms with Crippen LogP contribution in [-0.2, 0) is 11.3 Å². The molecule has 0 unspecified atom stereocenters. The molecular formula is C16H15Cl3N2O2. The Morgan fingerprint density at radius 1 is 1.17 bits per heavy atom. The van der Waals surface area contributed by atoms with Gasteiger partial charge in [0.25, 0.3) is 0 Å². The zero-order valence-corrected chi connectivity index (χ0v) is 14.3. The van der Waals surface area contributed by atoms with E-state index in [0.717, 1.165) is 5.56 Å². The van der Waals surface area contributed by atoms with E-state index in [4.69, 9.17) is 39.2 Å². The summed E-state index contributed by atoms with van der Waals surface area (Å²) in [6.45, 7) is 0.314. The Morgan fingerprint density at radius 3 is 2.52 bits per heavy atom. The van der Waals surface area contributed by atoms with E-state index in [-0.39, 0.29) is 5.91 Å². The van der Waals surface area contributed by atoms with E-state index in [2.05, 4.69) is 10.6 Å². The molecule has 4 nitrogen and oxygen atoms in total. The maximum absolute atomic E-state index is 12.0. The van der Waals surface area contributed by atoms with E-state index in [1.54, 1.807) is 24.5 Å². The SMILES string of the molecule is O=C(/C=C/c1ccccc1)N[C@H](NCc1ccco1)C(Cl)(Cl)Cl. The summed E-state index contributed by atoms with van der Waals surface area (Å²) in [6, 6.07) is 13.0. The fraction of sp³-hybridized carbons (Fsp3) is 0.188. The van der Waals surface area contributed by atoms with Crippen LogP contribution in [0.25, 0.3) is 6.08 Å². The van der Waals surface area contributed by atoms with Gasteiger partial charge in [0.2, 0.25) is 9.70 Å². The number of hydrogen-bond donors (Lipinski definition) is 2. The molecule has 2 N–H and O–H groups in total. The first-order valence-corrected chi connectivity index (χ1v) is 7.94. The van der Waals surface area contributed by atoms with Crippen molar-refractivity contribution in [3.05, 3.63) is 66.1 Å². The Bertz CT molecular complexity index is 637. The van der Waals surface area contributed by atoms with Crippen molar-refractivity contribution in [1.29, 1.82) is 0 Å². The molecule has 1 amide bonds. The van der Waals surface area contributed by atoms with Gasteiger partial charge in [-0.2, -0.15) is 0 Å². The molecule has 122 valence electrons.